The van der Waals surface area contributed by atoms with Crippen molar-refractivity contribution in [2.45, 2.75) is 52.0 Å². The van der Waals surface area contributed by atoms with Crippen molar-refractivity contribution in [3.63, 3.8) is 0 Å². The molecule has 0 aromatic heterocycles. The van der Waals surface area contributed by atoms with Gasteiger partial charge in [-0.3, -0.25) is 0 Å². The van der Waals surface area contributed by atoms with Gasteiger partial charge in [-0.2, -0.15) is 0 Å². The maximum atomic E-state index is 5.87. The number of hydrogen-bond acceptors (Lipinski definition) is 1. The Labute approximate surface area is 87.2 Å². The minimum absolute atomic E-state index is 0.249. The summed E-state index contributed by atoms with van der Waals surface area (Å²) in [6.45, 7) is 5.49. The van der Waals surface area contributed by atoms with E-state index >= 15 is 0 Å². The summed E-state index contributed by atoms with van der Waals surface area (Å²) < 4.78 is 0. The minimum Gasteiger partial charge on any atom is -0.313 e. The molecule has 2 heteroatoms. The zero-order valence-corrected chi connectivity index (χ0v) is 9.66. The number of alkyl halides is 1. The van der Waals surface area contributed by atoms with Crippen LogP contribution in [0.1, 0.15) is 46.0 Å². The smallest absolute Gasteiger partial charge is 0.0286 e. The van der Waals surface area contributed by atoms with E-state index in [1.54, 1.807) is 0 Å². The molecular weight excluding hydrogens is 182 g/mol. The molecule has 0 atom stereocenters. The van der Waals surface area contributed by atoms with Crippen LogP contribution >= 0.6 is 11.6 Å². The van der Waals surface area contributed by atoms with Gasteiger partial charge in [0.1, 0.15) is 0 Å². The summed E-state index contributed by atoms with van der Waals surface area (Å²) in [7, 11) is 0. The molecule has 0 bridgehead atoms. The van der Waals surface area contributed by atoms with Crippen molar-refractivity contribution in [1.29, 1.82) is 0 Å². The Hall–Kier alpha value is 0.250. The lowest BCUT2D eigenvalue weighted by molar-refractivity contribution is 0.310. The van der Waals surface area contributed by atoms with Gasteiger partial charge >= 0.3 is 0 Å². The van der Waals surface area contributed by atoms with Crippen LogP contribution in [0.5, 0.6) is 0 Å². The summed E-state index contributed by atoms with van der Waals surface area (Å²) in [6.07, 6.45) is 6.95. The molecule has 0 heterocycles. The highest BCUT2D eigenvalue weighted by Crippen LogP contribution is 2.20. The molecule has 0 spiro atoms. The van der Waals surface area contributed by atoms with E-state index in [9.17, 15) is 0 Å². The first-order valence-corrected chi connectivity index (χ1v) is 5.97. The van der Waals surface area contributed by atoms with Crippen LogP contribution in [-0.4, -0.2) is 18.5 Å². The quantitative estimate of drug-likeness (QED) is 0.693. The summed E-state index contributed by atoms with van der Waals surface area (Å²) in [6, 6.07) is 0.760. The monoisotopic (exact) mass is 203 g/mol. The molecule has 13 heavy (non-hydrogen) atoms. The average molecular weight is 204 g/mol. The van der Waals surface area contributed by atoms with Crippen LogP contribution < -0.4 is 5.32 Å². The highest BCUT2D eigenvalue weighted by Gasteiger charge is 2.19. The van der Waals surface area contributed by atoms with Crippen molar-refractivity contribution < 1.29 is 0 Å². The lowest BCUT2D eigenvalue weighted by Gasteiger charge is -2.28. The van der Waals surface area contributed by atoms with Crippen LogP contribution in [0.4, 0.5) is 0 Å². The standard InChI is InChI=1S/C11H22ClN/c1-11(2,8-12)9-13-10-6-4-3-5-7-10/h10,13H,3-9H2,1-2H3. The number of halogens is 1. The van der Waals surface area contributed by atoms with E-state index in [-0.39, 0.29) is 5.41 Å². The molecule has 1 rings (SSSR count). The summed E-state index contributed by atoms with van der Waals surface area (Å²) in [5.74, 6) is 0.743. The molecule has 1 aliphatic carbocycles. The highest BCUT2D eigenvalue weighted by molar-refractivity contribution is 6.18. The Morgan fingerprint density at radius 1 is 1.23 bits per heavy atom. The van der Waals surface area contributed by atoms with Gasteiger partial charge in [0, 0.05) is 18.5 Å². The Balaban J connectivity index is 2.17. The topological polar surface area (TPSA) is 12.0 Å². The summed E-state index contributed by atoms with van der Waals surface area (Å²) >= 11 is 5.87. The van der Waals surface area contributed by atoms with E-state index in [4.69, 9.17) is 11.6 Å². The molecule has 1 aliphatic rings. The molecule has 1 saturated carbocycles. The Morgan fingerprint density at radius 2 is 1.85 bits per heavy atom. The molecule has 0 saturated heterocycles. The summed E-state index contributed by atoms with van der Waals surface area (Å²) in [4.78, 5) is 0. The van der Waals surface area contributed by atoms with Crippen LogP contribution in [0.25, 0.3) is 0 Å². The van der Waals surface area contributed by atoms with E-state index < -0.39 is 0 Å². The third-order valence-corrected chi connectivity index (χ3v) is 3.56. The predicted molar refractivity (Wildman–Crippen MR) is 59.4 cm³/mol. The van der Waals surface area contributed by atoms with Crippen LogP contribution in [-0.2, 0) is 0 Å². The first-order chi connectivity index (χ1) is 6.14. The zero-order chi connectivity index (χ0) is 9.73. The fourth-order valence-electron chi connectivity index (χ4n) is 1.77. The van der Waals surface area contributed by atoms with E-state index in [0.29, 0.717) is 0 Å². The molecule has 1 fully saturated rings. The Kier molecular flexibility index (Phi) is 4.54. The fraction of sp³-hybridized carbons (Fsp3) is 1.00. The molecule has 0 aromatic rings. The van der Waals surface area contributed by atoms with Gasteiger partial charge in [0.15, 0.2) is 0 Å². The number of rotatable bonds is 4. The van der Waals surface area contributed by atoms with Gasteiger partial charge in [-0.1, -0.05) is 33.1 Å². The number of hydrogen-bond donors (Lipinski definition) is 1. The van der Waals surface area contributed by atoms with Gasteiger partial charge in [-0.05, 0) is 18.3 Å². The molecule has 0 radical (unpaired) electrons. The second-order valence-electron chi connectivity index (χ2n) is 5.01. The predicted octanol–water partition coefficient (Wildman–Crippen LogP) is 3.17. The van der Waals surface area contributed by atoms with Crippen molar-refractivity contribution in [3.8, 4) is 0 Å². The molecule has 1 nitrogen and oxygen atoms in total. The van der Waals surface area contributed by atoms with Crippen LogP contribution in [0.2, 0.25) is 0 Å². The molecule has 1 N–H and O–H groups in total. The van der Waals surface area contributed by atoms with Crippen LogP contribution in [0.3, 0.4) is 0 Å². The second kappa shape index (κ2) is 5.21. The molecule has 0 aromatic carbocycles. The maximum absolute atomic E-state index is 5.87. The van der Waals surface area contributed by atoms with E-state index in [1.165, 1.54) is 32.1 Å². The zero-order valence-electron chi connectivity index (χ0n) is 8.91. The molecule has 78 valence electrons. The van der Waals surface area contributed by atoms with Crippen molar-refractivity contribution >= 4 is 11.6 Å². The molecular formula is C11H22ClN. The number of nitrogens with one attached hydrogen (secondary N) is 1. The largest absolute Gasteiger partial charge is 0.313 e. The van der Waals surface area contributed by atoms with Gasteiger partial charge in [-0.25, -0.2) is 0 Å². The highest BCUT2D eigenvalue weighted by atomic mass is 35.5. The second-order valence-corrected chi connectivity index (χ2v) is 5.28. The van der Waals surface area contributed by atoms with Crippen molar-refractivity contribution in [1.82, 2.24) is 5.32 Å². The van der Waals surface area contributed by atoms with E-state index in [0.717, 1.165) is 18.5 Å². The van der Waals surface area contributed by atoms with Gasteiger partial charge in [0.2, 0.25) is 0 Å². The Morgan fingerprint density at radius 3 is 2.38 bits per heavy atom. The summed E-state index contributed by atoms with van der Waals surface area (Å²) in [5.41, 5.74) is 0.249. The van der Waals surface area contributed by atoms with Crippen LogP contribution in [0.15, 0.2) is 0 Å². The van der Waals surface area contributed by atoms with E-state index in [2.05, 4.69) is 19.2 Å². The normalized spacial score (nSPS) is 20.5. The average Bonchev–Trinajstić information content (AvgIpc) is 2.17. The van der Waals surface area contributed by atoms with Crippen molar-refractivity contribution in [2.75, 3.05) is 12.4 Å². The molecule has 0 unspecified atom stereocenters. The maximum Gasteiger partial charge on any atom is 0.0286 e. The van der Waals surface area contributed by atoms with Gasteiger partial charge in [-0.15, -0.1) is 11.6 Å². The lowest BCUT2D eigenvalue weighted by atomic mass is 9.92. The van der Waals surface area contributed by atoms with Crippen LogP contribution in [0, 0.1) is 5.41 Å². The Bertz CT molecular complexity index is 139. The van der Waals surface area contributed by atoms with Gasteiger partial charge < -0.3 is 5.32 Å². The summed E-state index contributed by atoms with van der Waals surface area (Å²) in [5, 5.41) is 3.63. The minimum atomic E-state index is 0.249. The van der Waals surface area contributed by atoms with E-state index in [1.807, 2.05) is 0 Å². The SMILES string of the molecule is CC(C)(CCl)CNC1CCCCC1. The molecule has 0 aliphatic heterocycles. The lowest BCUT2D eigenvalue weighted by Crippen LogP contribution is -2.38. The van der Waals surface area contributed by atoms with Gasteiger partial charge in [0.05, 0.1) is 0 Å². The third-order valence-electron chi connectivity index (χ3n) is 2.84. The fourth-order valence-corrected chi connectivity index (χ4v) is 1.87. The van der Waals surface area contributed by atoms with Crippen molar-refractivity contribution in [2.24, 2.45) is 5.41 Å². The first-order valence-electron chi connectivity index (χ1n) is 5.43. The first kappa shape index (κ1) is 11.3. The third kappa shape index (κ3) is 4.33. The molecule has 0 amide bonds. The van der Waals surface area contributed by atoms with Gasteiger partial charge in [0.25, 0.3) is 0 Å². The van der Waals surface area contributed by atoms with Crippen molar-refractivity contribution in [3.05, 3.63) is 0 Å².